The maximum atomic E-state index is 12.1. The molecule has 0 saturated carbocycles. The second-order valence-electron chi connectivity index (χ2n) is 4.28. The second kappa shape index (κ2) is 6.42. The lowest BCUT2D eigenvalue weighted by molar-refractivity contribution is -0.160. The Morgan fingerprint density at radius 3 is 2.22 bits per heavy atom. The zero-order valence-corrected chi connectivity index (χ0v) is 10.2. The van der Waals surface area contributed by atoms with Gasteiger partial charge in [0.25, 0.3) is 0 Å². The van der Waals surface area contributed by atoms with Gasteiger partial charge in [-0.25, -0.2) is 4.79 Å². The van der Waals surface area contributed by atoms with E-state index < -0.39 is 36.4 Å². The molecule has 0 aromatic heterocycles. The topological polar surface area (TPSA) is 66.4 Å². The SMILES string of the molecule is C=C(C)CC(C)C(=O)NC(CC(F)(F)F)C(=O)O. The Kier molecular flexibility index (Phi) is 5.87. The number of carbonyl (C=O) groups excluding carboxylic acids is 1. The van der Waals surface area contributed by atoms with Crippen molar-refractivity contribution in [3.63, 3.8) is 0 Å². The molecule has 18 heavy (non-hydrogen) atoms. The molecule has 2 unspecified atom stereocenters. The Labute approximate surface area is 103 Å². The van der Waals surface area contributed by atoms with Crippen molar-refractivity contribution in [3.8, 4) is 0 Å². The molecule has 0 heterocycles. The van der Waals surface area contributed by atoms with E-state index >= 15 is 0 Å². The van der Waals surface area contributed by atoms with E-state index in [0.29, 0.717) is 12.0 Å². The molecule has 0 bridgehead atoms. The standard InChI is InChI=1S/C11H16F3NO3/c1-6(2)4-7(3)9(16)15-8(10(17)18)5-11(12,13)14/h7-8H,1,4-5H2,2-3H3,(H,15,16)(H,17,18). The number of allylic oxidation sites excluding steroid dienone is 1. The number of amides is 1. The van der Waals surface area contributed by atoms with Crippen LogP contribution in [0.2, 0.25) is 0 Å². The fourth-order valence-corrected chi connectivity index (χ4v) is 1.36. The van der Waals surface area contributed by atoms with Crippen molar-refractivity contribution < 1.29 is 27.9 Å². The second-order valence-corrected chi connectivity index (χ2v) is 4.28. The van der Waals surface area contributed by atoms with E-state index in [4.69, 9.17) is 5.11 Å². The minimum absolute atomic E-state index is 0.296. The molecule has 7 heteroatoms. The smallest absolute Gasteiger partial charge is 0.391 e. The van der Waals surface area contributed by atoms with Gasteiger partial charge in [0.2, 0.25) is 5.91 Å². The summed E-state index contributed by atoms with van der Waals surface area (Å²) in [6.07, 6.45) is -5.94. The summed E-state index contributed by atoms with van der Waals surface area (Å²) in [6, 6.07) is -1.95. The Morgan fingerprint density at radius 2 is 1.89 bits per heavy atom. The van der Waals surface area contributed by atoms with Crippen LogP contribution in [0.15, 0.2) is 12.2 Å². The van der Waals surface area contributed by atoms with Gasteiger partial charge in [-0.05, 0) is 13.3 Å². The number of rotatable bonds is 6. The normalized spacial score (nSPS) is 14.7. The van der Waals surface area contributed by atoms with Crippen LogP contribution in [0.25, 0.3) is 0 Å². The van der Waals surface area contributed by atoms with Crippen LogP contribution in [0.1, 0.15) is 26.7 Å². The number of nitrogens with one attached hydrogen (secondary N) is 1. The Hall–Kier alpha value is -1.53. The van der Waals surface area contributed by atoms with Gasteiger partial charge in [-0.3, -0.25) is 4.79 Å². The first kappa shape index (κ1) is 16.5. The van der Waals surface area contributed by atoms with Gasteiger partial charge in [-0.15, -0.1) is 6.58 Å². The van der Waals surface area contributed by atoms with Crippen LogP contribution < -0.4 is 5.32 Å². The zero-order chi connectivity index (χ0) is 14.5. The van der Waals surface area contributed by atoms with Gasteiger partial charge in [-0.1, -0.05) is 12.5 Å². The van der Waals surface area contributed by atoms with E-state index in [1.807, 2.05) is 5.32 Å². The van der Waals surface area contributed by atoms with Crippen LogP contribution in [0.4, 0.5) is 13.2 Å². The summed E-state index contributed by atoms with van der Waals surface area (Å²) in [5, 5.41) is 10.5. The number of hydrogen-bond acceptors (Lipinski definition) is 2. The average Bonchev–Trinajstić information content (AvgIpc) is 2.12. The zero-order valence-electron chi connectivity index (χ0n) is 10.2. The molecule has 0 spiro atoms. The molecule has 0 fully saturated rings. The number of aliphatic carboxylic acids is 1. The van der Waals surface area contributed by atoms with Gasteiger partial charge in [0, 0.05) is 5.92 Å². The third-order valence-electron chi connectivity index (χ3n) is 2.15. The first-order chi connectivity index (χ1) is 8.03. The highest BCUT2D eigenvalue weighted by atomic mass is 19.4. The monoisotopic (exact) mass is 267 g/mol. The van der Waals surface area contributed by atoms with Crippen molar-refractivity contribution >= 4 is 11.9 Å². The Balaban J connectivity index is 4.55. The molecule has 0 aliphatic carbocycles. The molecule has 2 atom stereocenters. The van der Waals surface area contributed by atoms with Crippen molar-refractivity contribution in [2.75, 3.05) is 0 Å². The van der Waals surface area contributed by atoms with Crippen molar-refractivity contribution in [1.29, 1.82) is 0 Å². The quantitative estimate of drug-likeness (QED) is 0.724. The molecule has 0 aromatic rings. The van der Waals surface area contributed by atoms with Crippen LogP contribution in [0, 0.1) is 5.92 Å². The van der Waals surface area contributed by atoms with Crippen molar-refractivity contribution in [2.24, 2.45) is 5.92 Å². The van der Waals surface area contributed by atoms with E-state index in [9.17, 15) is 22.8 Å². The maximum Gasteiger partial charge on any atom is 0.391 e. The lowest BCUT2D eigenvalue weighted by Gasteiger charge is -2.19. The van der Waals surface area contributed by atoms with Gasteiger partial charge in [0.1, 0.15) is 6.04 Å². The van der Waals surface area contributed by atoms with Gasteiger partial charge >= 0.3 is 12.1 Å². The Bertz CT molecular complexity index is 339. The highest BCUT2D eigenvalue weighted by Gasteiger charge is 2.36. The molecule has 2 N–H and O–H groups in total. The lowest BCUT2D eigenvalue weighted by atomic mass is 10.0. The van der Waals surface area contributed by atoms with Crippen molar-refractivity contribution in [3.05, 3.63) is 12.2 Å². The fourth-order valence-electron chi connectivity index (χ4n) is 1.36. The third-order valence-corrected chi connectivity index (χ3v) is 2.15. The summed E-state index contributed by atoms with van der Waals surface area (Å²) in [6.45, 7) is 6.75. The lowest BCUT2D eigenvalue weighted by Crippen LogP contribution is -2.45. The van der Waals surface area contributed by atoms with Crippen LogP contribution in [0.5, 0.6) is 0 Å². The van der Waals surface area contributed by atoms with Crippen LogP contribution in [-0.2, 0) is 9.59 Å². The summed E-state index contributed by atoms with van der Waals surface area (Å²) < 4.78 is 36.3. The average molecular weight is 267 g/mol. The fraction of sp³-hybridized carbons (Fsp3) is 0.636. The van der Waals surface area contributed by atoms with E-state index in [-0.39, 0.29) is 0 Å². The van der Waals surface area contributed by atoms with E-state index in [0.717, 1.165) is 0 Å². The van der Waals surface area contributed by atoms with Crippen molar-refractivity contribution in [1.82, 2.24) is 5.32 Å². The number of alkyl halides is 3. The highest BCUT2D eigenvalue weighted by Crippen LogP contribution is 2.22. The molecule has 0 radical (unpaired) electrons. The highest BCUT2D eigenvalue weighted by molar-refractivity contribution is 5.84. The van der Waals surface area contributed by atoms with Gasteiger partial charge < -0.3 is 10.4 Å². The van der Waals surface area contributed by atoms with E-state index in [1.165, 1.54) is 6.92 Å². The molecule has 4 nitrogen and oxygen atoms in total. The summed E-state index contributed by atoms with van der Waals surface area (Å²) in [4.78, 5) is 22.1. The summed E-state index contributed by atoms with van der Waals surface area (Å²) in [5.74, 6) is -3.05. The minimum Gasteiger partial charge on any atom is -0.480 e. The molecule has 0 rings (SSSR count). The van der Waals surface area contributed by atoms with E-state index in [2.05, 4.69) is 6.58 Å². The number of hydrogen-bond donors (Lipinski definition) is 2. The largest absolute Gasteiger partial charge is 0.480 e. The summed E-state index contributed by atoms with van der Waals surface area (Å²) in [5.41, 5.74) is 0.695. The maximum absolute atomic E-state index is 12.1. The molecule has 104 valence electrons. The van der Waals surface area contributed by atoms with Crippen LogP contribution in [0.3, 0.4) is 0 Å². The molecule has 0 aromatic carbocycles. The Morgan fingerprint density at radius 1 is 1.39 bits per heavy atom. The molecule has 0 saturated heterocycles. The van der Waals surface area contributed by atoms with Crippen LogP contribution >= 0.6 is 0 Å². The summed E-state index contributed by atoms with van der Waals surface area (Å²) in [7, 11) is 0. The number of carbonyl (C=O) groups is 2. The first-order valence-corrected chi connectivity index (χ1v) is 5.27. The number of carboxylic acids is 1. The predicted molar refractivity (Wildman–Crippen MR) is 58.8 cm³/mol. The molecule has 0 aliphatic rings. The van der Waals surface area contributed by atoms with Crippen LogP contribution in [-0.4, -0.2) is 29.2 Å². The third kappa shape index (κ3) is 6.93. The predicted octanol–water partition coefficient (Wildman–Crippen LogP) is 2.11. The van der Waals surface area contributed by atoms with Gasteiger partial charge in [0.15, 0.2) is 0 Å². The summed E-state index contributed by atoms with van der Waals surface area (Å²) >= 11 is 0. The number of halogens is 3. The first-order valence-electron chi connectivity index (χ1n) is 5.27. The molecular weight excluding hydrogens is 251 g/mol. The van der Waals surface area contributed by atoms with Crippen molar-refractivity contribution in [2.45, 2.75) is 38.9 Å². The molecular formula is C11H16F3NO3. The molecule has 1 amide bonds. The molecule has 0 aliphatic heterocycles. The number of carboxylic acid groups (broad SMARTS) is 1. The van der Waals surface area contributed by atoms with Gasteiger partial charge in [0.05, 0.1) is 6.42 Å². The van der Waals surface area contributed by atoms with Gasteiger partial charge in [-0.2, -0.15) is 13.2 Å². The minimum atomic E-state index is -4.64. The van der Waals surface area contributed by atoms with E-state index in [1.54, 1.807) is 6.92 Å².